The number of phenolic OH excluding ortho intramolecular Hbond substituents is 1. The molecule has 2 nitrogen and oxygen atoms in total. The Kier molecular flexibility index (Phi) is 1.58. The summed E-state index contributed by atoms with van der Waals surface area (Å²) in [6, 6.07) is 1.81. The molecule has 0 saturated heterocycles. The first-order valence-corrected chi connectivity index (χ1v) is 4.09. The summed E-state index contributed by atoms with van der Waals surface area (Å²) in [5.41, 5.74) is 4.52. The SMILES string of the molecule is Cc1cc(O)c(C)c2c1COC2. The Morgan fingerprint density at radius 2 is 1.92 bits per heavy atom. The van der Waals surface area contributed by atoms with Gasteiger partial charge in [-0.1, -0.05) is 0 Å². The first-order valence-electron chi connectivity index (χ1n) is 4.09. The molecule has 1 aliphatic rings. The molecular formula is C10H12O2. The molecule has 0 bridgehead atoms. The number of fused-ring (bicyclic) bond motifs is 1. The van der Waals surface area contributed by atoms with Crippen LogP contribution in [0.15, 0.2) is 6.07 Å². The van der Waals surface area contributed by atoms with Crippen LogP contribution in [0.3, 0.4) is 0 Å². The highest BCUT2D eigenvalue weighted by Crippen LogP contribution is 2.31. The zero-order valence-electron chi connectivity index (χ0n) is 7.35. The molecule has 0 atom stereocenters. The fourth-order valence-corrected chi connectivity index (χ4v) is 1.67. The van der Waals surface area contributed by atoms with E-state index in [1.807, 2.05) is 19.9 Å². The maximum atomic E-state index is 9.51. The molecule has 0 unspecified atom stereocenters. The van der Waals surface area contributed by atoms with Crippen LogP contribution in [-0.2, 0) is 18.0 Å². The van der Waals surface area contributed by atoms with Crippen molar-refractivity contribution in [2.45, 2.75) is 27.1 Å². The van der Waals surface area contributed by atoms with Crippen molar-refractivity contribution in [2.75, 3.05) is 0 Å². The molecule has 2 heteroatoms. The van der Waals surface area contributed by atoms with Crippen molar-refractivity contribution in [3.05, 3.63) is 28.3 Å². The average molecular weight is 164 g/mol. The minimum Gasteiger partial charge on any atom is -0.508 e. The predicted molar refractivity (Wildman–Crippen MR) is 46.1 cm³/mol. The fraction of sp³-hybridized carbons (Fsp3) is 0.400. The quantitative estimate of drug-likeness (QED) is 0.635. The lowest BCUT2D eigenvalue weighted by molar-refractivity contribution is 0.134. The van der Waals surface area contributed by atoms with Crippen molar-refractivity contribution in [3.8, 4) is 5.75 Å². The monoisotopic (exact) mass is 164 g/mol. The number of benzene rings is 1. The Morgan fingerprint density at radius 1 is 1.25 bits per heavy atom. The number of aryl methyl sites for hydroxylation is 1. The van der Waals surface area contributed by atoms with Gasteiger partial charge in [0.15, 0.2) is 0 Å². The first-order chi connectivity index (χ1) is 5.70. The summed E-state index contributed by atoms with van der Waals surface area (Å²) in [6.07, 6.45) is 0. The lowest BCUT2D eigenvalue weighted by atomic mass is 9.99. The number of phenols is 1. The molecule has 0 amide bonds. The van der Waals surface area contributed by atoms with Gasteiger partial charge in [-0.05, 0) is 42.2 Å². The van der Waals surface area contributed by atoms with Crippen LogP contribution in [-0.4, -0.2) is 5.11 Å². The molecule has 12 heavy (non-hydrogen) atoms. The van der Waals surface area contributed by atoms with Crippen molar-refractivity contribution < 1.29 is 9.84 Å². The standard InChI is InChI=1S/C10H12O2/c1-6-3-10(11)7(2)9-5-12-4-8(6)9/h3,11H,4-5H2,1-2H3. The molecule has 1 N–H and O–H groups in total. The molecule has 0 radical (unpaired) electrons. The molecule has 2 rings (SSSR count). The molecule has 1 aromatic rings. The zero-order chi connectivity index (χ0) is 8.72. The average Bonchev–Trinajstić information content (AvgIpc) is 2.48. The van der Waals surface area contributed by atoms with Crippen LogP contribution < -0.4 is 0 Å². The molecule has 64 valence electrons. The van der Waals surface area contributed by atoms with Crippen LogP contribution in [0.4, 0.5) is 0 Å². The summed E-state index contributed by atoms with van der Waals surface area (Å²) in [5.74, 6) is 0.386. The van der Waals surface area contributed by atoms with Crippen molar-refractivity contribution in [1.29, 1.82) is 0 Å². The van der Waals surface area contributed by atoms with Gasteiger partial charge in [-0.3, -0.25) is 0 Å². The van der Waals surface area contributed by atoms with Gasteiger partial charge >= 0.3 is 0 Å². The van der Waals surface area contributed by atoms with E-state index in [-0.39, 0.29) is 0 Å². The minimum atomic E-state index is 0.386. The van der Waals surface area contributed by atoms with Crippen LogP contribution in [0, 0.1) is 13.8 Å². The summed E-state index contributed by atoms with van der Waals surface area (Å²) >= 11 is 0. The first kappa shape index (κ1) is 7.62. The maximum Gasteiger partial charge on any atom is 0.119 e. The third-order valence-electron chi connectivity index (χ3n) is 2.52. The second-order valence-corrected chi connectivity index (χ2v) is 3.29. The minimum absolute atomic E-state index is 0.386. The van der Waals surface area contributed by atoms with Crippen LogP contribution in [0.2, 0.25) is 0 Å². The summed E-state index contributed by atoms with van der Waals surface area (Å²) in [6.45, 7) is 5.29. The number of aromatic hydroxyl groups is 1. The fourth-order valence-electron chi connectivity index (χ4n) is 1.67. The smallest absolute Gasteiger partial charge is 0.119 e. The Morgan fingerprint density at radius 3 is 2.67 bits per heavy atom. The Hall–Kier alpha value is -1.02. The van der Waals surface area contributed by atoms with E-state index in [0.717, 1.165) is 11.1 Å². The lowest BCUT2D eigenvalue weighted by Crippen LogP contribution is -1.91. The van der Waals surface area contributed by atoms with Crippen LogP contribution in [0.5, 0.6) is 5.75 Å². The molecule has 0 aromatic heterocycles. The molecular weight excluding hydrogens is 152 g/mol. The summed E-state index contributed by atoms with van der Waals surface area (Å²) in [5, 5.41) is 9.51. The van der Waals surface area contributed by atoms with E-state index in [1.165, 1.54) is 11.1 Å². The van der Waals surface area contributed by atoms with Crippen LogP contribution in [0.1, 0.15) is 22.3 Å². The second-order valence-electron chi connectivity index (χ2n) is 3.29. The van der Waals surface area contributed by atoms with E-state index in [2.05, 4.69) is 0 Å². The van der Waals surface area contributed by atoms with Gasteiger partial charge < -0.3 is 9.84 Å². The molecule has 1 aliphatic heterocycles. The van der Waals surface area contributed by atoms with Gasteiger partial charge in [-0.15, -0.1) is 0 Å². The normalized spacial score (nSPS) is 14.8. The topological polar surface area (TPSA) is 29.5 Å². The number of ether oxygens (including phenoxy) is 1. The Labute approximate surface area is 71.8 Å². The lowest BCUT2D eigenvalue weighted by Gasteiger charge is -2.07. The maximum absolute atomic E-state index is 9.51. The van der Waals surface area contributed by atoms with E-state index < -0.39 is 0 Å². The molecule has 0 spiro atoms. The number of hydrogen-bond acceptors (Lipinski definition) is 2. The predicted octanol–water partition coefficient (Wildman–Crippen LogP) is 2.04. The van der Waals surface area contributed by atoms with Gasteiger partial charge in [0.25, 0.3) is 0 Å². The van der Waals surface area contributed by atoms with Crippen molar-refractivity contribution >= 4 is 0 Å². The van der Waals surface area contributed by atoms with Crippen molar-refractivity contribution in [3.63, 3.8) is 0 Å². The van der Waals surface area contributed by atoms with Gasteiger partial charge in [0, 0.05) is 0 Å². The summed E-state index contributed by atoms with van der Waals surface area (Å²) in [7, 11) is 0. The highest BCUT2D eigenvalue weighted by molar-refractivity contribution is 5.48. The molecule has 0 saturated carbocycles. The van der Waals surface area contributed by atoms with E-state index >= 15 is 0 Å². The molecule has 0 aliphatic carbocycles. The Balaban J connectivity index is 2.69. The number of rotatable bonds is 0. The molecule has 0 fully saturated rings. The van der Waals surface area contributed by atoms with E-state index in [9.17, 15) is 5.11 Å². The number of hydrogen-bond donors (Lipinski definition) is 1. The molecule has 1 aromatic carbocycles. The zero-order valence-corrected chi connectivity index (χ0v) is 7.35. The van der Waals surface area contributed by atoms with Gasteiger partial charge in [-0.2, -0.15) is 0 Å². The largest absolute Gasteiger partial charge is 0.508 e. The van der Waals surface area contributed by atoms with E-state index in [0.29, 0.717) is 19.0 Å². The third-order valence-corrected chi connectivity index (χ3v) is 2.52. The van der Waals surface area contributed by atoms with E-state index in [1.54, 1.807) is 0 Å². The third kappa shape index (κ3) is 0.916. The van der Waals surface area contributed by atoms with Gasteiger partial charge in [0.2, 0.25) is 0 Å². The van der Waals surface area contributed by atoms with Gasteiger partial charge in [0.05, 0.1) is 13.2 Å². The van der Waals surface area contributed by atoms with Crippen LogP contribution in [0.25, 0.3) is 0 Å². The highest BCUT2D eigenvalue weighted by atomic mass is 16.5. The second kappa shape index (κ2) is 2.49. The molecule has 1 heterocycles. The highest BCUT2D eigenvalue weighted by Gasteiger charge is 2.17. The van der Waals surface area contributed by atoms with Gasteiger partial charge in [0.1, 0.15) is 5.75 Å². The van der Waals surface area contributed by atoms with E-state index in [4.69, 9.17) is 4.74 Å². The van der Waals surface area contributed by atoms with Gasteiger partial charge in [-0.25, -0.2) is 0 Å². The Bertz CT molecular complexity index is 329. The summed E-state index contributed by atoms with van der Waals surface area (Å²) < 4.78 is 5.32. The summed E-state index contributed by atoms with van der Waals surface area (Å²) in [4.78, 5) is 0. The van der Waals surface area contributed by atoms with Crippen molar-refractivity contribution in [1.82, 2.24) is 0 Å². The van der Waals surface area contributed by atoms with Crippen LogP contribution >= 0.6 is 0 Å². The van der Waals surface area contributed by atoms with Crippen molar-refractivity contribution in [2.24, 2.45) is 0 Å².